The maximum atomic E-state index is 13.5. The molecule has 1 aliphatic heterocycles. The van der Waals surface area contributed by atoms with E-state index in [2.05, 4.69) is 20.7 Å². The summed E-state index contributed by atoms with van der Waals surface area (Å²) in [5, 5.41) is 0.114. The minimum atomic E-state index is -0.573. The van der Waals surface area contributed by atoms with Crippen molar-refractivity contribution in [2.75, 3.05) is 46.5 Å². The van der Waals surface area contributed by atoms with Gasteiger partial charge in [0.15, 0.2) is 23.2 Å². The summed E-state index contributed by atoms with van der Waals surface area (Å²) in [4.78, 5) is 39.8. The average Bonchev–Trinajstić information content (AvgIpc) is 3.11. The van der Waals surface area contributed by atoms with E-state index >= 15 is 0 Å². The SMILES string of the molecule is COC(=O)COc1cc(Br)c(/C=C2/C(=O)N(c3ccc(OC)cc3)C(=S)N2CC(=O)OC)cc1OC. The van der Waals surface area contributed by atoms with Gasteiger partial charge < -0.3 is 28.6 Å². The molecule has 1 aliphatic rings. The third kappa shape index (κ3) is 5.77. The molecule has 3 rings (SSSR count). The third-order valence-corrected chi connectivity index (χ3v) is 6.22. The number of carbonyl (C=O) groups is 3. The lowest BCUT2D eigenvalue weighted by atomic mass is 10.1. The molecule has 0 atom stereocenters. The number of amides is 1. The van der Waals surface area contributed by atoms with Gasteiger partial charge in [0.1, 0.15) is 18.0 Å². The minimum absolute atomic E-state index is 0.114. The van der Waals surface area contributed by atoms with Gasteiger partial charge in [-0.3, -0.25) is 14.5 Å². The van der Waals surface area contributed by atoms with E-state index in [9.17, 15) is 14.4 Å². The Hall–Kier alpha value is -3.64. The summed E-state index contributed by atoms with van der Waals surface area (Å²) in [5.74, 6) is -0.350. The Morgan fingerprint density at radius 3 is 2.22 bits per heavy atom. The van der Waals surface area contributed by atoms with E-state index in [1.54, 1.807) is 42.5 Å². The van der Waals surface area contributed by atoms with E-state index in [0.717, 1.165) is 0 Å². The number of anilines is 1. The van der Waals surface area contributed by atoms with Gasteiger partial charge in [-0.05, 0) is 60.3 Å². The molecule has 0 bridgehead atoms. The molecule has 1 fully saturated rings. The number of rotatable bonds is 9. The van der Waals surface area contributed by atoms with Crippen LogP contribution in [0.15, 0.2) is 46.6 Å². The van der Waals surface area contributed by atoms with Gasteiger partial charge in [-0.2, -0.15) is 0 Å². The summed E-state index contributed by atoms with van der Waals surface area (Å²) in [7, 11) is 5.49. The Balaban J connectivity index is 2.04. The van der Waals surface area contributed by atoms with Gasteiger partial charge in [-0.15, -0.1) is 0 Å². The highest BCUT2D eigenvalue weighted by Crippen LogP contribution is 2.36. The van der Waals surface area contributed by atoms with Crippen LogP contribution in [-0.4, -0.2) is 69.4 Å². The molecule has 0 unspecified atom stereocenters. The van der Waals surface area contributed by atoms with E-state index in [1.165, 1.54) is 38.2 Å². The van der Waals surface area contributed by atoms with E-state index in [0.29, 0.717) is 27.2 Å². The second-order valence-electron chi connectivity index (χ2n) is 7.20. The zero-order valence-electron chi connectivity index (χ0n) is 19.9. The summed E-state index contributed by atoms with van der Waals surface area (Å²) in [5.41, 5.74) is 1.19. The predicted molar refractivity (Wildman–Crippen MR) is 138 cm³/mol. The lowest BCUT2D eigenvalue weighted by molar-refractivity contribution is -0.143. The van der Waals surface area contributed by atoms with E-state index in [1.807, 2.05) is 0 Å². The summed E-state index contributed by atoms with van der Waals surface area (Å²) in [6.07, 6.45) is 1.57. The lowest BCUT2D eigenvalue weighted by Gasteiger charge is -2.19. The second-order valence-corrected chi connectivity index (χ2v) is 8.42. The highest BCUT2D eigenvalue weighted by atomic mass is 79.9. The van der Waals surface area contributed by atoms with E-state index < -0.39 is 17.8 Å². The van der Waals surface area contributed by atoms with Gasteiger partial charge in [0, 0.05) is 4.47 Å². The molecule has 0 aromatic heterocycles. The molecule has 12 heteroatoms. The van der Waals surface area contributed by atoms with Gasteiger partial charge in [-0.25, -0.2) is 4.79 Å². The number of benzene rings is 2. The molecule has 0 radical (unpaired) electrons. The van der Waals surface area contributed by atoms with E-state index in [-0.39, 0.29) is 29.7 Å². The monoisotopic (exact) mass is 578 g/mol. The third-order valence-electron chi connectivity index (χ3n) is 5.13. The van der Waals surface area contributed by atoms with Crippen LogP contribution in [0.2, 0.25) is 0 Å². The smallest absolute Gasteiger partial charge is 0.343 e. The van der Waals surface area contributed by atoms with E-state index in [4.69, 9.17) is 31.2 Å². The van der Waals surface area contributed by atoms with Crippen LogP contribution in [-0.2, 0) is 23.9 Å². The molecule has 2 aromatic carbocycles. The van der Waals surface area contributed by atoms with Gasteiger partial charge >= 0.3 is 11.9 Å². The van der Waals surface area contributed by atoms with Crippen molar-refractivity contribution in [3.05, 3.63) is 52.1 Å². The largest absolute Gasteiger partial charge is 0.497 e. The van der Waals surface area contributed by atoms with Crippen LogP contribution < -0.4 is 19.1 Å². The summed E-state index contributed by atoms with van der Waals surface area (Å²) in [6, 6.07) is 9.99. The van der Waals surface area contributed by atoms with Crippen molar-refractivity contribution in [2.45, 2.75) is 0 Å². The van der Waals surface area contributed by atoms with Crippen molar-refractivity contribution in [3.63, 3.8) is 0 Å². The molecule has 1 saturated heterocycles. The Labute approximate surface area is 221 Å². The number of hydrogen-bond acceptors (Lipinski definition) is 9. The molecule has 1 heterocycles. The summed E-state index contributed by atoms with van der Waals surface area (Å²) >= 11 is 9.02. The number of thiocarbonyl (C=S) groups is 1. The van der Waals surface area contributed by atoms with Gasteiger partial charge in [0.2, 0.25) is 0 Å². The average molecular weight is 579 g/mol. The molecule has 36 heavy (non-hydrogen) atoms. The molecule has 2 aromatic rings. The summed E-state index contributed by atoms with van der Waals surface area (Å²) < 4.78 is 26.0. The Kier molecular flexibility index (Phi) is 8.88. The molecule has 10 nitrogen and oxygen atoms in total. The number of methoxy groups -OCH3 is 4. The number of hydrogen-bond donors (Lipinski definition) is 0. The van der Waals surface area contributed by atoms with Gasteiger partial charge in [0.05, 0.1) is 34.1 Å². The number of carbonyl (C=O) groups excluding carboxylic acids is 3. The van der Waals surface area contributed by atoms with Crippen LogP contribution >= 0.6 is 28.1 Å². The van der Waals surface area contributed by atoms with Crippen molar-refractivity contribution < 1.29 is 38.1 Å². The Morgan fingerprint density at radius 1 is 0.972 bits per heavy atom. The maximum absolute atomic E-state index is 13.5. The van der Waals surface area contributed by atoms with Crippen LogP contribution in [0.4, 0.5) is 5.69 Å². The number of nitrogens with zero attached hydrogens (tertiary/aromatic N) is 2. The lowest BCUT2D eigenvalue weighted by Crippen LogP contribution is -2.35. The fraction of sp³-hybridized carbons (Fsp3) is 0.250. The number of esters is 2. The van der Waals surface area contributed by atoms with Gasteiger partial charge in [-0.1, -0.05) is 15.9 Å². The van der Waals surface area contributed by atoms with Crippen molar-refractivity contribution in [1.82, 2.24) is 4.90 Å². The zero-order valence-corrected chi connectivity index (χ0v) is 22.3. The standard InChI is InChI=1S/C24H23BrN2O8S/c1-31-16-7-5-15(6-8-16)27-23(30)18(26(24(27)36)12-21(28)33-3)9-14-10-19(32-2)20(11-17(14)25)35-13-22(29)34-4/h5-11H,12-13H2,1-4H3/b18-9-. The first-order valence-corrected chi connectivity index (χ1v) is 11.6. The molecular weight excluding hydrogens is 556 g/mol. The summed E-state index contributed by atoms with van der Waals surface area (Å²) in [6.45, 7) is -0.579. The topological polar surface area (TPSA) is 104 Å². The van der Waals surface area contributed by atoms with Crippen molar-refractivity contribution in [2.24, 2.45) is 0 Å². The van der Waals surface area contributed by atoms with Crippen LogP contribution in [0, 0.1) is 0 Å². The van der Waals surface area contributed by atoms with Gasteiger partial charge in [0.25, 0.3) is 5.91 Å². The Bertz CT molecular complexity index is 1220. The Morgan fingerprint density at radius 2 is 1.64 bits per heavy atom. The quantitative estimate of drug-likeness (QED) is 0.250. The predicted octanol–water partition coefficient (Wildman–Crippen LogP) is 3.17. The first-order chi connectivity index (χ1) is 17.2. The maximum Gasteiger partial charge on any atom is 0.343 e. The molecule has 190 valence electrons. The first kappa shape index (κ1) is 27.0. The van der Waals surface area contributed by atoms with Crippen molar-refractivity contribution in [3.8, 4) is 17.2 Å². The van der Waals surface area contributed by atoms with Crippen LogP contribution in [0.3, 0.4) is 0 Å². The van der Waals surface area contributed by atoms with Crippen molar-refractivity contribution >= 4 is 62.9 Å². The van der Waals surface area contributed by atoms with Crippen LogP contribution in [0.5, 0.6) is 17.2 Å². The highest BCUT2D eigenvalue weighted by molar-refractivity contribution is 9.10. The molecule has 0 N–H and O–H groups in total. The van der Waals surface area contributed by atoms with Crippen LogP contribution in [0.25, 0.3) is 6.08 Å². The molecule has 0 spiro atoms. The molecule has 0 saturated carbocycles. The molecule has 1 amide bonds. The second kappa shape index (κ2) is 11.9. The fourth-order valence-corrected chi connectivity index (χ4v) is 4.05. The normalized spacial score (nSPS) is 14.2. The number of halogens is 1. The van der Waals surface area contributed by atoms with Crippen molar-refractivity contribution in [1.29, 1.82) is 0 Å². The number of ether oxygens (including phenoxy) is 5. The molecule has 0 aliphatic carbocycles. The fourth-order valence-electron chi connectivity index (χ4n) is 3.26. The molecular formula is C24H23BrN2O8S. The highest BCUT2D eigenvalue weighted by Gasteiger charge is 2.40. The first-order valence-electron chi connectivity index (χ1n) is 10.4. The van der Waals surface area contributed by atoms with Crippen LogP contribution in [0.1, 0.15) is 5.56 Å². The zero-order chi connectivity index (χ0) is 26.4. The minimum Gasteiger partial charge on any atom is -0.497 e.